The van der Waals surface area contributed by atoms with E-state index in [9.17, 15) is 35.2 Å². The van der Waals surface area contributed by atoms with Crippen molar-refractivity contribution >= 4 is 50.7 Å². The molecule has 36 heavy (non-hydrogen) atoms. The average molecular weight is 480 g/mol. The van der Waals surface area contributed by atoms with Crippen molar-refractivity contribution in [1.29, 1.82) is 0 Å². The fraction of sp³-hybridized carbons (Fsp3) is 0.0400. The first-order valence-corrected chi connectivity index (χ1v) is 11.4. The van der Waals surface area contributed by atoms with Crippen LogP contribution in [0.25, 0.3) is 0 Å². The fourth-order valence-corrected chi connectivity index (χ4v) is 4.58. The molecule has 4 aromatic rings. The molecule has 11 heteroatoms. The Kier molecular flexibility index (Phi) is 7.82. The normalized spacial score (nSPS) is 11.2. The van der Waals surface area contributed by atoms with E-state index >= 15 is 0 Å². The lowest BCUT2D eigenvalue weighted by molar-refractivity contribution is 0.424. The molecular weight excluding hydrogens is 456 g/mol. The maximum Gasteiger partial charge on any atom is 0.488 e. The van der Waals surface area contributed by atoms with Gasteiger partial charge in [-0.2, -0.15) is 0 Å². The van der Waals surface area contributed by atoms with Crippen LogP contribution in [0, 0.1) is 0 Å². The summed E-state index contributed by atoms with van der Waals surface area (Å²) in [6, 6.07) is 27.9. The van der Waals surface area contributed by atoms with Gasteiger partial charge in [-0.15, -0.1) is 0 Å². The van der Waals surface area contributed by atoms with Gasteiger partial charge in [-0.3, -0.25) is 0 Å². The quantitative estimate of drug-likeness (QED) is 0.106. The van der Waals surface area contributed by atoms with Gasteiger partial charge in [-0.1, -0.05) is 103 Å². The second kappa shape index (κ2) is 10.9. The zero-order chi connectivity index (χ0) is 25.9. The molecule has 0 spiro atoms. The van der Waals surface area contributed by atoms with Crippen LogP contribution in [0.2, 0.25) is 0 Å². The van der Waals surface area contributed by atoms with Crippen LogP contribution in [0.1, 0.15) is 22.3 Å². The van der Waals surface area contributed by atoms with Crippen molar-refractivity contribution in [3.05, 3.63) is 119 Å². The molecule has 0 aliphatic rings. The zero-order valence-electron chi connectivity index (χ0n) is 19.3. The van der Waals surface area contributed by atoms with Gasteiger partial charge in [0, 0.05) is 0 Å². The monoisotopic (exact) mass is 480 g/mol. The first kappa shape index (κ1) is 25.9. The molecule has 4 aromatic carbocycles. The topological polar surface area (TPSA) is 142 Å². The number of hydrogen-bond donors (Lipinski definition) is 7. The van der Waals surface area contributed by atoms with E-state index in [4.69, 9.17) is 0 Å². The molecule has 0 amide bonds. The Morgan fingerprint density at radius 3 is 0.889 bits per heavy atom. The minimum atomic E-state index is -1.63. The van der Waals surface area contributed by atoms with Crippen LogP contribution in [-0.4, -0.2) is 64.0 Å². The molecule has 0 radical (unpaired) electrons. The van der Waals surface area contributed by atoms with E-state index in [0.29, 0.717) is 16.4 Å². The molecule has 0 aliphatic heterocycles. The van der Waals surface area contributed by atoms with Crippen LogP contribution in [0.3, 0.4) is 0 Å². The molecule has 0 saturated heterocycles. The molecule has 4 rings (SSSR count). The van der Waals surface area contributed by atoms with Crippen LogP contribution in [0.5, 0.6) is 0 Å². The first-order chi connectivity index (χ1) is 17.3. The Labute approximate surface area is 210 Å². The molecule has 0 saturated carbocycles. The lowest BCUT2D eigenvalue weighted by Crippen LogP contribution is -2.36. The maximum absolute atomic E-state index is 9.63. The molecule has 0 atom stereocenters. The van der Waals surface area contributed by atoms with Crippen molar-refractivity contribution in [3.8, 4) is 0 Å². The fourth-order valence-electron chi connectivity index (χ4n) is 4.58. The molecule has 178 valence electrons. The van der Waals surface area contributed by atoms with E-state index in [0.717, 1.165) is 27.7 Å². The molecule has 0 fully saturated rings. The number of benzene rings is 4. The second-order valence-corrected chi connectivity index (χ2v) is 8.59. The summed E-state index contributed by atoms with van der Waals surface area (Å²) in [4.78, 5) is 0. The van der Waals surface area contributed by atoms with E-state index in [-0.39, 0.29) is 7.48 Å². The minimum Gasteiger partial charge on any atom is -0.449 e. The number of hydrogen-bond acceptors (Lipinski definition) is 7. The lowest BCUT2D eigenvalue weighted by atomic mass is 9.63. The Balaban J connectivity index is 2.05. The Bertz CT molecular complexity index is 1150. The van der Waals surface area contributed by atoms with Crippen molar-refractivity contribution < 1.29 is 35.2 Å². The van der Waals surface area contributed by atoms with E-state index in [1.54, 1.807) is 72.8 Å². The Morgan fingerprint density at radius 2 is 0.667 bits per heavy atom. The largest absolute Gasteiger partial charge is 0.488 e. The van der Waals surface area contributed by atoms with Gasteiger partial charge < -0.3 is 35.2 Å². The van der Waals surface area contributed by atoms with Crippen molar-refractivity contribution in [2.45, 2.75) is 5.41 Å². The highest BCUT2D eigenvalue weighted by atomic mass is 16.4. The SMILES string of the molecule is OBc1ccc(C(c2ccc(B(O)O)cc2)(c2ccc(B(O)O)cc2)c2ccc(B(O)O)cc2)cc1. The van der Waals surface area contributed by atoms with Gasteiger partial charge in [-0.05, 0) is 38.6 Å². The van der Waals surface area contributed by atoms with Crippen LogP contribution in [0.4, 0.5) is 0 Å². The van der Waals surface area contributed by atoms with Gasteiger partial charge in [0.15, 0.2) is 0 Å². The van der Waals surface area contributed by atoms with Crippen molar-refractivity contribution in [3.63, 3.8) is 0 Å². The average Bonchev–Trinajstić information content (AvgIpc) is 2.90. The standard InChI is InChI=1S/C25H24B4O7/c30-26-21-9-1-17(2-10-21)25(18-3-11-22(12-4-18)27(31)32,19-5-13-23(14-6-19)28(33)34)20-7-15-24(16-8-20)29(35)36/h1-16,26,30-36H. The lowest BCUT2D eigenvalue weighted by Gasteiger charge is -2.37. The van der Waals surface area contributed by atoms with Gasteiger partial charge in [-0.25, -0.2) is 0 Å². The highest BCUT2D eigenvalue weighted by Crippen LogP contribution is 2.44. The third kappa shape index (κ3) is 4.91. The molecule has 0 aliphatic carbocycles. The summed E-state index contributed by atoms with van der Waals surface area (Å²) in [6.45, 7) is 0. The van der Waals surface area contributed by atoms with Crippen molar-refractivity contribution in [1.82, 2.24) is 0 Å². The van der Waals surface area contributed by atoms with Gasteiger partial charge in [0.1, 0.15) is 0 Å². The predicted octanol–water partition coefficient (Wildman–Crippen LogP) is -2.92. The predicted molar refractivity (Wildman–Crippen MR) is 143 cm³/mol. The summed E-state index contributed by atoms with van der Waals surface area (Å²) < 4.78 is 0. The van der Waals surface area contributed by atoms with Crippen molar-refractivity contribution in [2.24, 2.45) is 0 Å². The van der Waals surface area contributed by atoms with Crippen LogP contribution in [-0.2, 0) is 5.41 Å². The Hall–Kier alpha value is -3.14. The highest BCUT2D eigenvalue weighted by Gasteiger charge is 2.39. The summed E-state index contributed by atoms with van der Waals surface area (Å²) in [6.07, 6.45) is 0. The van der Waals surface area contributed by atoms with Gasteiger partial charge in [0.2, 0.25) is 0 Å². The summed E-state index contributed by atoms with van der Waals surface area (Å²) >= 11 is 0. The molecule has 7 nitrogen and oxygen atoms in total. The molecule has 0 unspecified atom stereocenters. The van der Waals surface area contributed by atoms with Gasteiger partial charge >= 0.3 is 28.8 Å². The van der Waals surface area contributed by atoms with Crippen LogP contribution >= 0.6 is 0 Å². The molecule has 0 heterocycles. The number of rotatable bonds is 8. The Morgan fingerprint density at radius 1 is 0.417 bits per heavy atom. The minimum absolute atomic E-state index is 0.122. The van der Waals surface area contributed by atoms with E-state index < -0.39 is 26.8 Å². The van der Waals surface area contributed by atoms with Crippen LogP contribution < -0.4 is 21.9 Å². The summed E-state index contributed by atoms with van der Waals surface area (Å²) in [5.74, 6) is 0. The van der Waals surface area contributed by atoms with E-state index in [1.807, 2.05) is 24.3 Å². The highest BCUT2D eigenvalue weighted by molar-refractivity contribution is 6.59. The molecule has 7 N–H and O–H groups in total. The molecule has 0 bridgehead atoms. The molecular formula is C25H24B4O7. The zero-order valence-corrected chi connectivity index (χ0v) is 19.3. The third-order valence-electron chi connectivity index (χ3n) is 6.50. The maximum atomic E-state index is 9.63. The summed E-state index contributed by atoms with van der Waals surface area (Å²) in [5, 5.41) is 67.4. The summed E-state index contributed by atoms with van der Waals surface area (Å²) in [7, 11) is -5.02. The first-order valence-electron chi connectivity index (χ1n) is 11.4. The van der Waals surface area contributed by atoms with Crippen LogP contribution in [0.15, 0.2) is 97.1 Å². The summed E-state index contributed by atoms with van der Waals surface area (Å²) in [5.41, 5.74) is 3.87. The van der Waals surface area contributed by atoms with E-state index in [2.05, 4.69) is 0 Å². The third-order valence-corrected chi connectivity index (χ3v) is 6.50. The van der Waals surface area contributed by atoms with Gasteiger partial charge in [0.25, 0.3) is 0 Å². The second-order valence-electron chi connectivity index (χ2n) is 8.59. The van der Waals surface area contributed by atoms with Gasteiger partial charge in [0.05, 0.1) is 5.41 Å². The van der Waals surface area contributed by atoms with E-state index in [1.165, 1.54) is 0 Å². The smallest absolute Gasteiger partial charge is 0.449 e. The molecule has 0 aromatic heterocycles. The van der Waals surface area contributed by atoms with Crippen molar-refractivity contribution in [2.75, 3.05) is 0 Å².